The lowest BCUT2D eigenvalue weighted by Gasteiger charge is -2.11. The number of amides is 2. The second kappa shape index (κ2) is 6.46. The van der Waals surface area contributed by atoms with Gasteiger partial charge in [0.1, 0.15) is 0 Å². The molecule has 1 aliphatic heterocycles. The van der Waals surface area contributed by atoms with Crippen LogP contribution in [0.4, 0.5) is 11.4 Å². The summed E-state index contributed by atoms with van der Waals surface area (Å²) in [6.07, 6.45) is 0.490. The SMILES string of the molecule is Cc1ccc(NC(=O)c2ccc3c(c2)NC(=O)CCS3)c(C)c1. The van der Waals surface area contributed by atoms with Gasteiger partial charge in [-0.15, -0.1) is 11.8 Å². The molecule has 0 saturated carbocycles. The molecule has 1 aliphatic rings. The third-order valence-corrected chi connectivity index (χ3v) is 4.81. The van der Waals surface area contributed by atoms with Crippen molar-refractivity contribution in [3.63, 3.8) is 0 Å². The van der Waals surface area contributed by atoms with Gasteiger partial charge in [0.2, 0.25) is 5.91 Å². The summed E-state index contributed by atoms with van der Waals surface area (Å²) in [4.78, 5) is 25.1. The Morgan fingerprint density at radius 2 is 2.00 bits per heavy atom. The first-order valence-corrected chi connectivity index (χ1v) is 8.47. The van der Waals surface area contributed by atoms with Crippen LogP contribution in [0.2, 0.25) is 0 Å². The summed E-state index contributed by atoms with van der Waals surface area (Å²) in [6.45, 7) is 3.99. The number of aryl methyl sites for hydroxylation is 2. The van der Waals surface area contributed by atoms with Gasteiger partial charge in [-0.2, -0.15) is 0 Å². The number of rotatable bonds is 2. The molecule has 0 aromatic heterocycles. The van der Waals surface area contributed by atoms with Crippen molar-refractivity contribution in [2.45, 2.75) is 25.2 Å². The lowest BCUT2D eigenvalue weighted by molar-refractivity contribution is -0.115. The number of carbonyl (C=O) groups is 2. The summed E-state index contributed by atoms with van der Waals surface area (Å²) in [5, 5.41) is 5.79. The lowest BCUT2D eigenvalue weighted by atomic mass is 10.1. The number of benzene rings is 2. The zero-order valence-electron chi connectivity index (χ0n) is 13.1. The molecule has 0 spiro atoms. The quantitative estimate of drug-likeness (QED) is 0.877. The monoisotopic (exact) mass is 326 g/mol. The minimum Gasteiger partial charge on any atom is -0.325 e. The Hall–Kier alpha value is -2.27. The first-order valence-electron chi connectivity index (χ1n) is 7.48. The first-order chi connectivity index (χ1) is 11.0. The van der Waals surface area contributed by atoms with Crippen molar-refractivity contribution >= 4 is 35.0 Å². The second-order valence-electron chi connectivity index (χ2n) is 5.63. The van der Waals surface area contributed by atoms with E-state index in [1.54, 1.807) is 23.9 Å². The van der Waals surface area contributed by atoms with Crippen LogP contribution in [0.1, 0.15) is 27.9 Å². The molecule has 0 bridgehead atoms. The molecule has 5 heteroatoms. The van der Waals surface area contributed by atoms with Crippen LogP contribution in [0.15, 0.2) is 41.3 Å². The fourth-order valence-electron chi connectivity index (χ4n) is 2.51. The third-order valence-electron chi connectivity index (χ3n) is 3.73. The first kappa shape index (κ1) is 15.6. The van der Waals surface area contributed by atoms with Gasteiger partial charge in [0, 0.05) is 28.3 Å². The van der Waals surface area contributed by atoms with E-state index in [-0.39, 0.29) is 11.8 Å². The van der Waals surface area contributed by atoms with E-state index in [0.717, 1.165) is 27.5 Å². The fourth-order valence-corrected chi connectivity index (χ4v) is 3.45. The maximum absolute atomic E-state index is 12.5. The van der Waals surface area contributed by atoms with E-state index in [4.69, 9.17) is 0 Å². The maximum Gasteiger partial charge on any atom is 0.255 e. The van der Waals surface area contributed by atoms with Crippen LogP contribution in [0.5, 0.6) is 0 Å². The molecule has 1 heterocycles. The topological polar surface area (TPSA) is 58.2 Å². The third kappa shape index (κ3) is 3.56. The predicted octanol–water partition coefficient (Wildman–Crippen LogP) is 3.99. The standard InChI is InChI=1S/C18H18N2O2S/c1-11-3-5-14(12(2)9-11)20-18(22)13-4-6-16-15(10-13)19-17(21)7-8-23-16/h3-6,9-10H,7-8H2,1-2H3,(H,19,21)(H,20,22). The average molecular weight is 326 g/mol. The molecule has 0 saturated heterocycles. The van der Waals surface area contributed by atoms with Crippen molar-refractivity contribution in [3.8, 4) is 0 Å². The van der Waals surface area contributed by atoms with Crippen LogP contribution in [-0.2, 0) is 4.79 Å². The molecule has 2 N–H and O–H groups in total. The Kier molecular flexibility index (Phi) is 4.39. The van der Waals surface area contributed by atoms with Crippen LogP contribution in [-0.4, -0.2) is 17.6 Å². The average Bonchev–Trinajstić information content (AvgIpc) is 2.69. The molecule has 0 unspecified atom stereocenters. The molecule has 0 aliphatic carbocycles. The van der Waals surface area contributed by atoms with Gasteiger partial charge in [-0.05, 0) is 43.7 Å². The van der Waals surface area contributed by atoms with Crippen molar-refractivity contribution in [1.29, 1.82) is 0 Å². The predicted molar refractivity (Wildman–Crippen MR) is 94.3 cm³/mol. The van der Waals surface area contributed by atoms with E-state index in [2.05, 4.69) is 10.6 Å². The molecule has 4 nitrogen and oxygen atoms in total. The highest BCUT2D eigenvalue weighted by molar-refractivity contribution is 7.99. The molecule has 0 radical (unpaired) electrons. The number of carbonyl (C=O) groups excluding carboxylic acids is 2. The highest BCUT2D eigenvalue weighted by Crippen LogP contribution is 2.31. The molecule has 2 aromatic carbocycles. The van der Waals surface area contributed by atoms with E-state index in [1.807, 2.05) is 38.1 Å². The zero-order chi connectivity index (χ0) is 16.4. The smallest absolute Gasteiger partial charge is 0.255 e. The molecule has 118 valence electrons. The van der Waals surface area contributed by atoms with Crippen LogP contribution in [0, 0.1) is 13.8 Å². The van der Waals surface area contributed by atoms with Gasteiger partial charge in [0.15, 0.2) is 0 Å². The number of hydrogen-bond donors (Lipinski definition) is 2. The molecule has 0 fully saturated rings. The zero-order valence-corrected chi connectivity index (χ0v) is 13.9. The van der Waals surface area contributed by atoms with E-state index in [0.29, 0.717) is 17.7 Å². The largest absolute Gasteiger partial charge is 0.325 e. The summed E-state index contributed by atoms with van der Waals surface area (Å²) in [7, 11) is 0. The summed E-state index contributed by atoms with van der Waals surface area (Å²) < 4.78 is 0. The van der Waals surface area contributed by atoms with Crippen molar-refractivity contribution < 1.29 is 9.59 Å². The van der Waals surface area contributed by atoms with Gasteiger partial charge in [0.25, 0.3) is 5.91 Å². The molecule has 0 atom stereocenters. The molecular weight excluding hydrogens is 308 g/mol. The highest BCUT2D eigenvalue weighted by atomic mass is 32.2. The fraction of sp³-hybridized carbons (Fsp3) is 0.222. The minimum atomic E-state index is -0.178. The number of anilines is 2. The minimum absolute atomic E-state index is 0.0109. The summed E-state index contributed by atoms with van der Waals surface area (Å²) in [6, 6.07) is 11.3. The Morgan fingerprint density at radius 1 is 1.17 bits per heavy atom. The summed E-state index contributed by atoms with van der Waals surface area (Å²) in [5.74, 6) is 0.568. The van der Waals surface area contributed by atoms with Gasteiger partial charge >= 0.3 is 0 Å². The van der Waals surface area contributed by atoms with E-state index < -0.39 is 0 Å². The van der Waals surface area contributed by atoms with Crippen molar-refractivity contribution in [3.05, 3.63) is 53.1 Å². The Labute approximate surface area is 139 Å². The van der Waals surface area contributed by atoms with Crippen LogP contribution in [0.3, 0.4) is 0 Å². The van der Waals surface area contributed by atoms with Crippen molar-refractivity contribution in [2.24, 2.45) is 0 Å². The van der Waals surface area contributed by atoms with Gasteiger partial charge in [-0.1, -0.05) is 17.7 Å². The second-order valence-corrected chi connectivity index (χ2v) is 6.77. The molecular formula is C18H18N2O2S. The van der Waals surface area contributed by atoms with Gasteiger partial charge in [-0.3, -0.25) is 9.59 Å². The van der Waals surface area contributed by atoms with Crippen molar-refractivity contribution in [1.82, 2.24) is 0 Å². The summed E-state index contributed by atoms with van der Waals surface area (Å²) in [5.41, 5.74) is 4.23. The number of nitrogens with one attached hydrogen (secondary N) is 2. The van der Waals surface area contributed by atoms with Crippen LogP contribution < -0.4 is 10.6 Å². The Balaban J connectivity index is 1.84. The van der Waals surface area contributed by atoms with Crippen LogP contribution in [0.25, 0.3) is 0 Å². The van der Waals surface area contributed by atoms with E-state index >= 15 is 0 Å². The number of hydrogen-bond acceptors (Lipinski definition) is 3. The van der Waals surface area contributed by atoms with Gasteiger partial charge < -0.3 is 10.6 Å². The maximum atomic E-state index is 12.5. The molecule has 3 rings (SSSR count). The van der Waals surface area contributed by atoms with Crippen LogP contribution >= 0.6 is 11.8 Å². The molecule has 2 aromatic rings. The normalized spacial score (nSPS) is 13.7. The van der Waals surface area contributed by atoms with Gasteiger partial charge in [-0.25, -0.2) is 0 Å². The van der Waals surface area contributed by atoms with Crippen molar-refractivity contribution in [2.75, 3.05) is 16.4 Å². The number of fused-ring (bicyclic) bond motifs is 1. The lowest BCUT2D eigenvalue weighted by Crippen LogP contribution is -2.14. The molecule has 23 heavy (non-hydrogen) atoms. The number of thioether (sulfide) groups is 1. The Morgan fingerprint density at radius 3 is 2.78 bits per heavy atom. The Bertz CT molecular complexity index is 787. The van der Waals surface area contributed by atoms with E-state index in [9.17, 15) is 9.59 Å². The van der Waals surface area contributed by atoms with E-state index in [1.165, 1.54) is 0 Å². The molecule has 2 amide bonds. The van der Waals surface area contributed by atoms with Gasteiger partial charge in [0.05, 0.1) is 5.69 Å². The summed E-state index contributed by atoms with van der Waals surface area (Å²) >= 11 is 1.63. The highest BCUT2D eigenvalue weighted by Gasteiger charge is 2.16.